The Kier molecular flexibility index (Phi) is 10.3. The highest BCUT2D eigenvalue weighted by Crippen LogP contribution is 2.59. The Morgan fingerprint density at radius 2 is 0.727 bits per heavy atom. The van der Waals surface area contributed by atoms with E-state index in [0.717, 1.165) is 61.3 Å². The molecule has 0 saturated heterocycles. The highest BCUT2D eigenvalue weighted by molar-refractivity contribution is 6.09. The van der Waals surface area contributed by atoms with E-state index in [9.17, 15) is 0 Å². The van der Waals surface area contributed by atoms with Gasteiger partial charge in [0.15, 0.2) is 0 Å². The topological polar surface area (TPSA) is 29.0 Å². The molecule has 77 heavy (non-hydrogen) atoms. The fourth-order valence-electron chi connectivity index (χ4n) is 13.2. The Bertz CT molecular complexity index is 4100. The largest absolute Gasteiger partial charge is 0.310 e. The molecule has 2 heterocycles. The summed E-state index contributed by atoms with van der Waals surface area (Å²) in [4.78, 5) is 12.6. The third-order valence-corrected chi connectivity index (χ3v) is 16.5. The van der Waals surface area contributed by atoms with Crippen LogP contribution in [0.25, 0.3) is 66.4 Å². The summed E-state index contributed by atoms with van der Waals surface area (Å²) in [7, 11) is 0. The molecule has 0 atom stereocenters. The van der Waals surface area contributed by atoms with E-state index in [2.05, 4.69) is 290 Å². The molecule has 0 unspecified atom stereocenters. The van der Waals surface area contributed by atoms with Crippen LogP contribution in [0.5, 0.6) is 0 Å². The standard InChI is InChI=1S/C74H49N3/c1-6-21-51(22-7-1)70-49-63(62-43-38-52-23-20-46-75-71(52)72(62)76-70)50-36-39-57(40-37-50)77(58-41-44-68-64(47-58)60-32-16-18-34-66(60)73(68,53-24-8-2-9-25-53)54-26-10-3-11-27-54)59-42-45-69-65(48-59)61-33-17-19-35-67(61)74(69,55-28-12-4-13-29-55)56-30-14-5-15-31-56/h1-49H. The van der Waals surface area contributed by atoms with Gasteiger partial charge in [-0.3, -0.25) is 4.98 Å². The second kappa shape index (κ2) is 17.9. The molecule has 360 valence electrons. The summed E-state index contributed by atoms with van der Waals surface area (Å²) in [5.41, 5.74) is 23.2. The van der Waals surface area contributed by atoms with Crippen LogP contribution < -0.4 is 4.90 Å². The lowest BCUT2D eigenvalue weighted by molar-refractivity contribution is 0.768. The predicted octanol–water partition coefficient (Wildman–Crippen LogP) is 18.3. The van der Waals surface area contributed by atoms with E-state index in [1.165, 1.54) is 66.8 Å². The van der Waals surface area contributed by atoms with E-state index < -0.39 is 10.8 Å². The minimum Gasteiger partial charge on any atom is -0.310 e. The van der Waals surface area contributed by atoms with Crippen LogP contribution in [0.2, 0.25) is 0 Å². The lowest BCUT2D eigenvalue weighted by Crippen LogP contribution is -2.28. The number of aromatic nitrogens is 2. The van der Waals surface area contributed by atoms with E-state index in [4.69, 9.17) is 9.97 Å². The van der Waals surface area contributed by atoms with Gasteiger partial charge in [-0.05, 0) is 126 Å². The van der Waals surface area contributed by atoms with Crippen LogP contribution in [0.15, 0.2) is 297 Å². The zero-order valence-corrected chi connectivity index (χ0v) is 42.1. The molecule has 15 rings (SSSR count). The van der Waals surface area contributed by atoms with Crippen molar-refractivity contribution in [3.05, 3.63) is 342 Å². The molecular weight excluding hydrogens is 931 g/mol. The van der Waals surface area contributed by atoms with Crippen LogP contribution in [0, 0.1) is 0 Å². The van der Waals surface area contributed by atoms with Gasteiger partial charge < -0.3 is 4.90 Å². The van der Waals surface area contributed by atoms with Crippen LogP contribution in [-0.4, -0.2) is 9.97 Å². The van der Waals surface area contributed by atoms with Crippen LogP contribution >= 0.6 is 0 Å². The first-order chi connectivity index (χ1) is 38.2. The Morgan fingerprint density at radius 1 is 0.286 bits per heavy atom. The van der Waals surface area contributed by atoms with Crippen LogP contribution in [0.4, 0.5) is 17.1 Å². The highest BCUT2D eigenvalue weighted by Gasteiger charge is 2.48. The molecule has 11 aromatic carbocycles. The maximum atomic E-state index is 5.30. The van der Waals surface area contributed by atoms with Crippen molar-refractivity contribution < 1.29 is 0 Å². The number of benzene rings is 11. The molecule has 0 N–H and O–H groups in total. The van der Waals surface area contributed by atoms with Crippen LogP contribution in [-0.2, 0) is 10.8 Å². The van der Waals surface area contributed by atoms with Crippen molar-refractivity contribution in [1.82, 2.24) is 9.97 Å². The summed E-state index contributed by atoms with van der Waals surface area (Å²) in [6, 6.07) is 107. The molecule has 0 aliphatic heterocycles. The minimum absolute atomic E-state index is 0.512. The van der Waals surface area contributed by atoms with Crippen molar-refractivity contribution in [3.63, 3.8) is 0 Å². The molecule has 2 aliphatic rings. The first kappa shape index (κ1) is 44.5. The second-order valence-corrected chi connectivity index (χ2v) is 20.4. The second-order valence-electron chi connectivity index (χ2n) is 20.4. The van der Waals surface area contributed by atoms with Crippen molar-refractivity contribution in [3.8, 4) is 44.6 Å². The Hall–Kier alpha value is -9.96. The third-order valence-electron chi connectivity index (χ3n) is 16.5. The van der Waals surface area contributed by atoms with Crippen LogP contribution in [0.3, 0.4) is 0 Å². The SMILES string of the molecule is c1ccc(-c2cc(-c3ccc(N(c4ccc5c(c4)-c4ccccc4C5(c4ccccc4)c4ccccc4)c4ccc5c(c4)-c4ccccc4C5(c4ccccc4)c4ccccc4)cc3)c3ccc4cccnc4c3n2)cc1. The van der Waals surface area contributed by atoms with Crippen molar-refractivity contribution >= 4 is 38.9 Å². The van der Waals surface area contributed by atoms with Gasteiger partial charge in [0, 0.05) is 39.6 Å². The maximum absolute atomic E-state index is 5.30. The van der Waals surface area contributed by atoms with Gasteiger partial charge in [-0.1, -0.05) is 243 Å². The van der Waals surface area contributed by atoms with Crippen molar-refractivity contribution in [2.75, 3.05) is 4.90 Å². The number of anilines is 3. The van der Waals surface area contributed by atoms with Gasteiger partial charge in [-0.2, -0.15) is 0 Å². The zero-order valence-electron chi connectivity index (χ0n) is 42.1. The van der Waals surface area contributed by atoms with Gasteiger partial charge in [0.1, 0.15) is 0 Å². The summed E-state index contributed by atoms with van der Waals surface area (Å²) in [5.74, 6) is 0. The fraction of sp³-hybridized carbons (Fsp3) is 0.0270. The monoisotopic (exact) mass is 979 g/mol. The highest BCUT2D eigenvalue weighted by atomic mass is 15.1. The first-order valence-corrected chi connectivity index (χ1v) is 26.5. The Morgan fingerprint density at radius 3 is 1.23 bits per heavy atom. The summed E-state index contributed by atoms with van der Waals surface area (Å²) >= 11 is 0. The van der Waals surface area contributed by atoms with Crippen molar-refractivity contribution in [2.45, 2.75) is 10.8 Å². The molecule has 0 radical (unpaired) electrons. The average Bonchev–Trinajstić information content (AvgIpc) is 4.06. The van der Waals surface area contributed by atoms with Gasteiger partial charge >= 0.3 is 0 Å². The number of pyridine rings is 2. The smallest absolute Gasteiger partial charge is 0.0978 e. The van der Waals surface area contributed by atoms with Crippen molar-refractivity contribution in [2.24, 2.45) is 0 Å². The lowest BCUT2D eigenvalue weighted by atomic mass is 9.67. The summed E-state index contributed by atoms with van der Waals surface area (Å²) in [5, 5.41) is 2.13. The Labute approximate surface area is 448 Å². The van der Waals surface area contributed by atoms with E-state index in [0.29, 0.717) is 0 Å². The summed E-state index contributed by atoms with van der Waals surface area (Å²) in [6.07, 6.45) is 1.86. The zero-order chi connectivity index (χ0) is 50.9. The fourth-order valence-corrected chi connectivity index (χ4v) is 13.2. The molecule has 3 nitrogen and oxygen atoms in total. The summed E-state index contributed by atoms with van der Waals surface area (Å²) in [6.45, 7) is 0. The molecule has 0 spiro atoms. The number of hydrogen-bond acceptors (Lipinski definition) is 3. The normalized spacial score (nSPS) is 13.4. The number of rotatable bonds is 9. The molecule has 2 aromatic heterocycles. The molecule has 0 bridgehead atoms. The van der Waals surface area contributed by atoms with Gasteiger partial charge in [0.25, 0.3) is 0 Å². The first-order valence-electron chi connectivity index (χ1n) is 26.5. The van der Waals surface area contributed by atoms with Gasteiger partial charge in [0.05, 0.1) is 27.6 Å². The van der Waals surface area contributed by atoms with E-state index in [-0.39, 0.29) is 0 Å². The average molecular weight is 980 g/mol. The minimum atomic E-state index is -0.512. The Balaban J connectivity index is 0.956. The maximum Gasteiger partial charge on any atom is 0.0978 e. The van der Waals surface area contributed by atoms with Gasteiger partial charge in [0.2, 0.25) is 0 Å². The molecule has 3 heteroatoms. The molecule has 0 amide bonds. The number of hydrogen-bond donors (Lipinski definition) is 0. The van der Waals surface area contributed by atoms with E-state index >= 15 is 0 Å². The van der Waals surface area contributed by atoms with E-state index in [1.54, 1.807) is 0 Å². The predicted molar refractivity (Wildman–Crippen MR) is 317 cm³/mol. The van der Waals surface area contributed by atoms with Gasteiger partial charge in [-0.15, -0.1) is 0 Å². The number of nitrogens with zero attached hydrogens (tertiary/aromatic N) is 3. The summed E-state index contributed by atoms with van der Waals surface area (Å²) < 4.78 is 0. The van der Waals surface area contributed by atoms with Crippen LogP contribution in [0.1, 0.15) is 44.5 Å². The van der Waals surface area contributed by atoms with Gasteiger partial charge in [-0.25, -0.2) is 4.98 Å². The molecule has 13 aromatic rings. The molecular formula is C74H49N3. The van der Waals surface area contributed by atoms with E-state index in [1.807, 2.05) is 12.3 Å². The quantitative estimate of drug-likeness (QED) is 0.135. The molecule has 2 aliphatic carbocycles. The van der Waals surface area contributed by atoms with Crippen molar-refractivity contribution in [1.29, 1.82) is 0 Å². The lowest BCUT2D eigenvalue weighted by Gasteiger charge is -2.34. The number of fused-ring (bicyclic) bond motifs is 9. The molecule has 0 fully saturated rings. The third kappa shape index (κ3) is 6.77. The molecule has 0 saturated carbocycles.